The maximum Gasteiger partial charge on any atom is 0.262 e. The maximum atomic E-state index is 13.6. The fourth-order valence-corrected chi connectivity index (χ4v) is 5.60. The number of sulfonamides is 1. The van der Waals surface area contributed by atoms with E-state index in [1.165, 1.54) is 12.1 Å². The Bertz CT molecular complexity index is 1340. The number of amides is 1. The zero-order valence-corrected chi connectivity index (χ0v) is 22.6. The van der Waals surface area contributed by atoms with Gasteiger partial charge >= 0.3 is 0 Å². The monoisotopic (exact) mass is 538 g/mol. The van der Waals surface area contributed by atoms with E-state index in [1.807, 2.05) is 26.1 Å². The number of aliphatic hydroxyl groups is 1. The molecule has 0 fully saturated rings. The van der Waals surface area contributed by atoms with Crippen LogP contribution in [0.2, 0.25) is 0 Å². The number of fused-ring (bicyclic) bond motifs is 1. The highest BCUT2D eigenvalue weighted by atomic mass is 32.2. The predicted octanol–water partition coefficient (Wildman–Crippen LogP) is 3.23. The molecule has 2 N–H and O–H groups in total. The number of rotatable bonds is 9. The Kier molecular flexibility index (Phi) is 8.65. The molecule has 10 heteroatoms. The largest absolute Gasteiger partial charge is 0.486 e. The summed E-state index contributed by atoms with van der Waals surface area (Å²) in [6.45, 7) is 5.17. The molecular weight excluding hydrogens is 504 g/mol. The van der Waals surface area contributed by atoms with Gasteiger partial charge in [-0.05, 0) is 55.9 Å². The summed E-state index contributed by atoms with van der Waals surface area (Å²) >= 11 is 0. The summed E-state index contributed by atoms with van der Waals surface area (Å²) in [6, 6.07) is 16.4. The Morgan fingerprint density at radius 2 is 1.84 bits per heavy atom. The molecule has 3 aromatic rings. The molecule has 0 spiro atoms. The number of carbonyl (C=O) groups excluding carboxylic acids is 1. The average Bonchev–Trinajstić information content (AvgIpc) is 2.91. The van der Waals surface area contributed by atoms with Crippen LogP contribution < -0.4 is 9.46 Å². The van der Waals surface area contributed by atoms with E-state index < -0.39 is 16.1 Å². The quantitative estimate of drug-likeness (QED) is 0.430. The number of anilines is 1. The van der Waals surface area contributed by atoms with Crippen molar-refractivity contribution in [1.82, 2.24) is 14.8 Å². The summed E-state index contributed by atoms with van der Waals surface area (Å²) in [5.74, 6) is -0.251. The molecule has 0 aliphatic carbocycles. The van der Waals surface area contributed by atoms with Crippen LogP contribution in [0.25, 0.3) is 0 Å². The summed E-state index contributed by atoms with van der Waals surface area (Å²) in [7, 11) is -1.94. The first-order valence-electron chi connectivity index (χ1n) is 12.6. The van der Waals surface area contributed by atoms with E-state index in [4.69, 9.17) is 4.74 Å². The molecule has 202 valence electrons. The molecule has 3 atom stereocenters. The zero-order chi connectivity index (χ0) is 27.3. The second-order valence-electron chi connectivity index (χ2n) is 9.78. The first-order chi connectivity index (χ1) is 18.2. The number of aromatic nitrogens is 1. The van der Waals surface area contributed by atoms with Gasteiger partial charge in [-0.15, -0.1) is 0 Å². The van der Waals surface area contributed by atoms with Crippen molar-refractivity contribution in [2.24, 2.45) is 5.92 Å². The first kappa shape index (κ1) is 27.6. The van der Waals surface area contributed by atoms with Crippen LogP contribution in [0.15, 0.2) is 78.0 Å². The van der Waals surface area contributed by atoms with Gasteiger partial charge in [0.1, 0.15) is 6.10 Å². The van der Waals surface area contributed by atoms with Gasteiger partial charge in [0.2, 0.25) is 0 Å². The number of benzene rings is 2. The molecule has 2 aromatic carbocycles. The van der Waals surface area contributed by atoms with Crippen LogP contribution in [0.1, 0.15) is 29.8 Å². The standard InChI is InChI=1S/C28H34N4O5S/c1-20-16-32(21(2)19-33)28(34)24-10-7-11-25(30-38(35,36)23-8-5-4-6-9-23)27(24)37-26(20)18-31(3)17-22-12-14-29-15-13-22/h4-15,20-21,26,30,33H,16-19H2,1-3H3. The molecular formula is C28H34N4O5S. The minimum absolute atomic E-state index is 0.104. The van der Waals surface area contributed by atoms with Gasteiger partial charge in [0.05, 0.1) is 28.8 Å². The smallest absolute Gasteiger partial charge is 0.262 e. The van der Waals surface area contributed by atoms with Gasteiger partial charge in [0.25, 0.3) is 15.9 Å². The van der Waals surface area contributed by atoms with Crippen molar-refractivity contribution < 1.29 is 23.1 Å². The molecule has 1 amide bonds. The van der Waals surface area contributed by atoms with Crippen molar-refractivity contribution in [2.45, 2.75) is 37.4 Å². The summed E-state index contributed by atoms with van der Waals surface area (Å²) in [5, 5.41) is 9.88. The third kappa shape index (κ3) is 6.32. The number of para-hydroxylation sites is 1. The number of hydrogen-bond acceptors (Lipinski definition) is 7. The number of hydrogen-bond donors (Lipinski definition) is 2. The first-order valence-corrected chi connectivity index (χ1v) is 14.0. The summed E-state index contributed by atoms with van der Waals surface area (Å²) < 4.78 is 35.5. The molecule has 3 unspecified atom stereocenters. The number of pyridine rings is 1. The lowest BCUT2D eigenvalue weighted by molar-refractivity contribution is 0.0344. The highest BCUT2D eigenvalue weighted by molar-refractivity contribution is 7.92. The van der Waals surface area contributed by atoms with E-state index in [-0.39, 0.29) is 46.4 Å². The molecule has 4 rings (SSSR count). The van der Waals surface area contributed by atoms with Gasteiger partial charge in [0.15, 0.2) is 5.75 Å². The van der Waals surface area contributed by atoms with Crippen molar-refractivity contribution in [3.8, 4) is 5.75 Å². The molecule has 9 nitrogen and oxygen atoms in total. The van der Waals surface area contributed by atoms with Crippen LogP contribution in [0.4, 0.5) is 5.69 Å². The van der Waals surface area contributed by atoms with Crippen LogP contribution in [-0.2, 0) is 16.6 Å². The van der Waals surface area contributed by atoms with Crippen molar-refractivity contribution >= 4 is 21.6 Å². The molecule has 2 heterocycles. The molecule has 0 radical (unpaired) electrons. The lowest BCUT2D eigenvalue weighted by Crippen LogP contribution is -2.49. The molecule has 1 aromatic heterocycles. The van der Waals surface area contributed by atoms with E-state index in [9.17, 15) is 18.3 Å². The Morgan fingerprint density at radius 1 is 1.13 bits per heavy atom. The van der Waals surface area contributed by atoms with E-state index in [0.29, 0.717) is 19.6 Å². The minimum Gasteiger partial charge on any atom is -0.486 e. The highest BCUT2D eigenvalue weighted by Gasteiger charge is 2.35. The molecule has 1 aliphatic heterocycles. The third-order valence-electron chi connectivity index (χ3n) is 6.68. The molecule has 0 bridgehead atoms. The van der Waals surface area contributed by atoms with Gasteiger partial charge < -0.3 is 14.7 Å². The number of ether oxygens (including phenoxy) is 1. The fraction of sp³-hybridized carbons (Fsp3) is 0.357. The topological polar surface area (TPSA) is 112 Å². The highest BCUT2D eigenvalue weighted by Crippen LogP contribution is 2.36. The lowest BCUT2D eigenvalue weighted by Gasteiger charge is -2.38. The summed E-state index contributed by atoms with van der Waals surface area (Å²) in [5.41, 5.74) is 1.53. The molecule has 0 saturated carbocycles. The van der Waals surface area contributed by atoms with Gasteiger partial charge in [-0.1, -0.05) is 31.2 Å². The van der Waals surface area contributed by atoms with Crippen LogP contribution in [0.5, 0.6) is 5.75 Å². The Morgan fingerprint density at radius 3 is 2.53 bits per heavy atom. The Balaban J connectivity index is 1.71. The molecule has 38 heavy (non-hydrogen) atoms. The molecule has 0 saturated heterocycles. The van der Waals surface area contributed by atoms with Crippen molar-refractivity contribution in [3.63, 3.8) is 0 Å². The fourth-order valence-electron chi connectivity index (χ4n) is 4.52. The second kappa shape index (κ2) is 11.9. The van der Waals surface area contributed by atoms with Gasteiger partial charge in [-0.25, -0.2) is 8.42 Å². The second-order valence-corrected chi connectivity index (χ2v) is 11.5. The summed E-state index contributed by atoms with van der Waals surface area (Å²) in [6.07, 6.45) is 3.13. The van der Waals surface area contributed by atoms with Crippen molar-refractivity contribution in [3.05, 3.63) is 84.2 Å². The number of nitrogens with one attached hydrogen (secondary N) is 1. The molecule has 1 aliphatic rings. The van der Waals surface area contributed by atoms with Gasteiger partial charge in [-0.3, -0.25) is 19.4 Å². The van der Waals surface area contributed by atoms with Crippen LogP contribution in [0, 0.1) is 5.92 Å². The van der Waals surface area contributed by atoms with E-state index >= 15 is 0 Å². The van der Waals surface area contributed by atoms with Crippen LogP contribution >= 0.6 is 0 Å². The average molecular weight is 539 g/mol. The van der Waals surface area contributed by atoms with Crippen LogP contribution in [-0.4, -0.2) is 73.1 Å². The predicted molar refractivity (Wildman–Crippen MR) is 145 cm³/mol. The van der Waals surface area contributed by atoms with Crippen molar-refractivity contribution in [1.29, 1.82) is 0 Å². The van der Waals surface area contributed by atoms with E-state index in [2.05, 4.69) is 14.6 Å². The summed E-state index contributed by atoms with van der Waals surface area (Å²) in [4.78, 5) is 21.6. The Labute approximate surface area is 224 Å². The van der Waals surface area contributed by atoms with Gasteiger partial charge in [-0.2, -0.15) is 0 Å². The lowest BCUT2D eigenvalue weighted by atomic mass is 9.99. The maximum absolute atomic E-state index is 13.6. The van der Waals surface area contributed by atoms with Crippen molar-refractivity contribution in [2.75, 3.05) is 31.5 Å². The number of likely N-dealkylation sites (N-methyl/N-ethyl adjacent to an activating group) is 1. The van der Waals surface area contributed by atoms with E-state index in [1.54, 1.807) is 60.6 Å². The number of nitrogens with zero attached hydrogens (tertiary/aromatic N) is 3. The number of aliphatic hydroxyl groups excluding tert-OH is 1. The zero-order valence-electron chi connectivity index (χ0n) is 21.8. The minimum atomic E-state index is -3.93. The SMILES string of the molecule is CC1CN(C(C)CO)C(=O)c2cccc(NS(=O)(=O)c3ccccc3)c2OC1CN(C)Cc1ccncc1. The Hall–Kier alpha value is -3.47. The number of carbonyl (C=O) groups is 1. The van der Waals surface area contributed by atoms with Crippen LogP contribution in [0.3, 0.4) is 0 Å². The van der Waals surface area contributed by atoms with E-state index in [0.717, 1.165) is 5.56 Å². The third-order valence-corrected chi connectivity index (χ3v) is 8.06. The normalized spacial score (nSPS) is 18.8. The van der Waals surface area contributed by atoms with Gasteiger partial charge in [0, 0.05) is 37.9 Å².